The van der Waals surface area contributed by atoms with Crippen LogP contribution in [-0.2, 0) is 4.79 Å². The molecule has 0 aliphatic rings. The van der Waals surface area contributed by atoms with Gasteiger partial charge in [-0.15, -0.1) is 0 Å². The molecule has 0 fully saturated rings. The van der Waals surface area contributed by atoms with E-state index in [9.17, 15) is 4.79 Å². The highest BCUT2D eigenvalue weighted by Gasteiger charge is 2.14. The molecule has 1 amide bonds. The number of hydrogen-bond donors (Lipinski definition) is 3. The van der Waals surface area contributed by atoms with E-state index >= 15 is 0 Å². The summed E-state index contributed by atoms with van der Waals surface area (Å²) < 4.78 is 0. The van der Waals surface area contributed by atoms with Crippen LogP contribution < -0.4 is 10.6 Å². The molecule has 0 aromatic heterocycles. The van der Waals surface area contributed by atoms with Crippen molar-refractivity contribution in [3.8, 4) is 0 Å². The highest BCUT2D eigenvalue weighted by molar-refractivity contribution is 7.99. The molecule has 1 atom stereocenters. The van der Waals surface area contributed by atoms with Gasteiger partial charge in [0.25, 0.3) is 0 Å². The van der Waals surface area contributed by atoms with Crippen molar-refractivity contribution in [2.75, 3.05) is 24.7 Å². The third-order valence-electron chi connectivity index (χ3n) is 2.87. The van der Waals surface area contributed by atoms with E-state index in [0.717, 1.165) is 37.3 Å². The lowest BCUT2D eigenvalue weighted by Gasteiger charge is -2.19. The number of aliphatic hydroxyl groups is 1. The molecule has 0 aliphatic heterocycles. The topological polar surface area (TPSA) is 61.4 Å². The summed E-state index contributed by atoms with van der Waals surface area (Å²) in [5.74, 6) is 2.04. The Labute approximate surface area is 115 Å². The van der Waals surface area contributed by atoms with Gasteiger partial charge in [-0.2, -0.15) is 11.8 Å². The molecule has 0 aliphatic carbocycles. The maximum atomic E-state index is 11.8. The molecular formula is C13H28N2O2S. The molecule has 0 aromatic carbocycles. The Morgan fingerprint density at radius 3 is 2.50 bits per heavy atom. The fourth-order valence-electron chi connectivity index (χ4n) is 1.53. The Bertz CT molecular complexity index is 211. The summed E-state index contributed by atoms with van der Waals surface area (Å²) in [5, 5.41) is 14.9. The highest BCUT2D eigenvalue weighted by Crippen LogP contribution is 2.01. The van der Waals surface area contributed by atoms with E-state index in [1.54, 1.807) is 11.8 Å². The molecule has 0 rings (SSSR count). The van der Waals surface area contributed by atoms with Gasteiger partial charge in [-0.1, -0.05) is 13.8 Å². The summed E-state index contributed by atoms with van der Waals surface area (Å²) in [6.07, 6.45) is 2.80. The molecule has 0 saturated heterocycles. The summed E-state index contributed by atoms with van der Waals surface area (Å²) in [7, 11) is 0. The van der Waals surface area contributed by atoms with Crippen LogP contribution in [-0.4, -0.2) is 47.8 Å². The number of aliphatic hydroxyl groups excluding tert-OH is 1. The first kappa shape index (κ1) is 17.7. The predicted molar refractivity (Wildman–Crippen MR) is 79.0 cm³/mol. The molecule has 0 spiro atoms. The first-order valence-electron chi connectivity index (χ1n) is 6.88. The molecule has 0 heterocycles. The minimum atomic E-state index is -0.135. The van der Waals surface area contributed by atoms with Gasteiger partial charge >= 0.3 is 0 Å². The fourth-order valence-corrected chi connectivity index (χ4v) is 2.33. The normalized spacial score (nSPS) is 12.7. The lowest BCUT2D eigenvalue weighted by Crippen LogP contribution is -2.46. The van der Waals surface area contributed by atoms with Crippen LogP contribution in [0.3, 0.4) is 0 Å². The summed E-state index contributed by atoms with van der Waals surface area (Å²) in [5.41, 5.74) is 0. The molecule has 1 unspecified atom stereocenters. The minimum absolute atomic E-state index is 0.0871. The molecule has 0 saturated carbocycles. The molecule has 3 N–H and O–H groups in total. The SMILES string of the molecule is CCC(CC)NC(=O)C(C)NCCSCCCO. The van der Waals surface area contributed by atoms with Gasteiger partial charge in [0.05, 0.1) is 6.04 Å². The third-order valence-corrected chi connectivity index (χ3v) is 3.94. The van der Waals surface area contributed by atoms with E-state index in [1.807, 2.05) is 6.92 Å². The van der Waals surface area contributed by atoms with Crippen LogP contribution >= 0.6 is 11.8 Å². The van der Waals surface area contributed by atoms with Gasteiger partial charge in [-0.05, 0) is 31.9 Å². The second-order valence-electron chi connectivity index (χ2n) is 4.39. The van der Waals surface area contributed by atoms with Crippen molar-refractivity contribution >= 4 is 17.7 Å². The number of carbonyl (C=O) groups excluding carboxylic acids is 1. The maximum Gasteiger partial charge on any atom is 0.237 e. The molecular weight excluding hydrogens is 248 g/mol. The van der Waals surface area contributed by atoms with Crippen LogP contribution in [0.1, 0.15) is 40.0 Å². The first-order chi connectivity index (χ1) is 8.65. The van der Waals surface area contributed by atoms with Crippen LogP contribution in [0.5, 0.6) is 0 Å². The van der Waals surface area contributed by atoms with Crippen molar-refractivity contribution in [1.82, 2.24) is 10.6 Å². The lowest BCUT2D eigenvalue weighted by atomic mass is 10.1. The average Bonchev–Trinajstić information content (AvgIpc) is 2.39. The van der Waals surface area contributed by atoms with Gasteiger partial charge in [0.15, 0.2) is 0 Å². The highest BCUT2D eigenvalue weighted by atomic mass is 32.2. The fraction of sp³-hybridized carbons (Fsp3) is 0.923. The van der Waals surface area contributed by atoms with E-state index in [-0.39, 0.29) is 18.6 Å². The number of thioether (sulfide) groups is 1. The van der Waals surface area contributed by atoms with E-state index in [4.69, 9.17) is 5.11 Å². The zero-order valence-electron chi connectivity index (χ0n) is 11.9. The van der Waals surface area contributed by atoms with Gasteiger partial charge in [0, 0.05) is 24.9 Å². The quantitative estimate of drug-likeness (QED) is 0.499. The summed E-state index contributed by atoms with van der Waals surface area (Å²) in [6.45, 7) is 7.16. The summed E-state index contributed by atoms with van der Waals surface area (Å²) >= 11 is 1.80. The number of hydrogen-bond acceptors (Lipinski definition) is 4. The minimum Gasteiger partial charge on any atom is -0.396 e. The second-order valence-corrected chi connectivity index (χ2v) is 5.61. The van der Waals surface area contributed by atoms with E-state index in [1.165, 1.54) is 0 Å². The lowest BCUT2D eigenvalue weighted by molar-refractivity contribution is -0.123. The number of rotatable bonds is 11. The van der Waals surface area contributed by atoms with Crippen molar-refractivity contribution in [2.24, 2.45) is 0 Å². The molecule has 0 radical (unpaired) electrons. The van der Waals surface area contributed by atoms with Crippen LogP contribution in [0.15, 0.2) is 0 Å². The van der Waals surface area contributed by atoms with Crippen molar-refractivity contribution in [1.29, 1.82) is 0 Å². The van der Waals surface area contributed by atoms with Crippen LogP contribution in [0, 0.1) is 0 Å². The van der Waals surface area contributed by atoms with Crippen LogP contribution in [0.4, 0.5) is 0 Å². The van der Waals surface area contributed by atoms with Crippen molar-refractivity contribution in [3.63, 3.8) is 0 Å². The Kier molecular flexibility index (Phi) is 11.6. The molecule has 18 heavy (non-hydrogen) atoms. The zero-order chi connectivity index (χ0) is 13.8. The largest absolute Gasteiger partial charge is 0.396 e. The van der Waals surface area contributed by atoms with E-state index < -0.39 is 0 Å². The summed E-state index contributed by atoms with van der Waals surface area (Å²) in [6, 6.07) is 0.157. The molecule has 108 valence electrons. The monoisotopic (exact) mass is 276 g/mol. The molecule has 5 heteroatoms. The number of carbonyl (C=O) groups is 1. The molecule has 0 aromatic rings. The Morgan fingerprint density at radius 2 is 1.94 bits per heavy atom. The average molecular weight is 276 g/mol. The third kappa shape index (κ3) is 8.78. The zero-order valence-corrected chi connectivity index (χ0v) is 12.7. The Morgan fingerprint density at radius 1 is 1.28 bits per heavy atom. The molecule has 4 nitrogen and oxygen atoms in total. The first-order valence-corrected chi connectivity index (χ1v) is 8.03. The van der Waals surface area contributed by atoms with Gasteiger partial charge in [0.1, 0.15) is 0 Å². The van der Waals surface area contributed by atoms with Gasteiger partial charge in [-0.3, -0.25) is 4.79 Å². The Hall–Kier alpha value is -0.260. The predicted octanol–water partition coefficient (Wildman–Crippen LogP) is 1.38. The molecule has 0 bridgehead atoms. The number of amides is 1. The van der Waals surface area contributed by atoms with Crippen LogP contribution in [0.2, 0.25) is 0 Å². The standard InChI is InChI=1S/C13H28N2O2S/c1-4-12(5-2)15-13(17)11(3)14-7-10-18-9-6-8-16/h11-12,14,16H,4-10H2,1-3H3,(H,15,17). The Balaban J connectivity index is 3.61. The van der Waals surface area contributed by atoms with Crippen LogP contribution in [0.25, 0.3) is 0 Å². The maximum absolute atomic E-state index is 11.8. The smallest absolute Gasteiger partial charge is 0.237 e. The second kappa shape index (κ2) is 11.8. The van der Waals surface area contributed by atoms with Gasteiger partial charge in [0.2, 0.25) is 5.91 Å². The van der Waals surface area contributed by atoms with Gasteiger partial charge < -0.3 is 15.7 Å². The van der Waals surface area contributed by atoms with Crippen molar-refractivity contribution in [3.05, 3.63) is 0 Å². The van der Waals surface area contributed by atoms with E-state index in [2.05, 4.69) is 24.5 Å². The van der Waals surface area contributed by atoms with Crippen molar-refractivity contribution < 1.29 is 9.90 Å². The van der Waals surface area contributed by atoms with Gasteiger partial charge in [-0.25, -0.2) is 0 Å². The van der Waals surface area contributed by atoms with Crippen molar-refractivity contribution in [2.45, 2.75) is 52.1 Å². The van der Waals surface area contributed by atoms with E-state index in [0.29, 0.717) is 6.04 Å². The number of nitrogens with one attached hydrogen (secondary N) is 2. The summed E-state index contributed by atoms with van der Waals surface area (Å²) in [4.78, 5) is 11.8.